The standard InChI is InChI=1S/C21H33NO2/c1-14-7-6-9-21(3)12-19-16(11-18(14)21)17(20(23)24-19)13-22-10-5-4-8-15(22)2/h15-19H,1,4-13H2,2-3H3/p+1/t15-,16+,17-,18-,19-,21-/m0/s1. The smallest absolute Gasteiger partial charge is 0.315 e. The highest BCUT2D eigenvalue weighted by atomic mass is 16.6. The first-order valence-electron chi connectivity index (χ1n) is 10.2. The summed E-state index contributed by atoms with van der Waals surface area (Å²) >= 11 is 0. The second-order valence-electron chi connectivity index (χ2n) is 9.41. The Morgan fingerprint density at radius 1 is 1.33 bits per heavy atom. The van der Waals surface area contributed by atoms with E-state index in [-0.39, 0.29) is 18.0 Å². The maximum Gasteiger partial charge on any atom is 0.315 e. The number of nitrogens with one attached hydrogen (secondary N) is 1. The maximum atomic E-state index is 12.7. The molecule has 134 valence electrons. The first-order chi connectivity index (χ1) is 11.5. The van der Waals surface area contributed by atoms with Crippen LogP contribution < -0.4 is 4.90 Å². The number of rotatable bonds is 2. The van der Waals surface area contributed by atoms with Crippen molar-refractivity contribution in [2.45, 2.75) is 77.4 Å². The van der Waals surface area contributed by atoms with E-state index in [9.17, 15) is 4.79 Å². The van der Waals surface area contributed by atoms with Crippen molar-refractivity contribution in [3.8, 4) is 0 Å². The van der Waals surface area contributed by atoms with Crippen LogP contribution in [-0.4, -0.2) is 31.2 Å². The van der Waals surface area contributed by atoms with Gasteiger partial charge in [-0.05, 0) is 69.6 Å². The third kappa shape index (κ3) is 2.73. The number of esters is 1. The highest BCUT2D eigenvalue weighted by molar-refractivity contribution is 5.75. The molecule has 0 amide bonds. The predicted molar refractivity (Wildman–Crippen MR) is 94.7 cm³/mol. The summed E-state index contributed by atoms with van der Waals surface area (Å²) in [7, 11) is 0. The van der Waals surface area contributed by atoms with E-state index in [1.807, 2.05) is 0 Å². The molecule has 3 heteroatoms. The van der Waals surface area contributed by atoms with Gasteiger partial charge in [-0.2, -0.15) is 0 Å². The van der Waals surface area contributed by atoms with Crippen LogP contribution in [0.5, 0.6) is 0 Å². The van der Waals surface area contributed by atoms with Crippen LogP contribution in [0.15, 0.2) is 12.2 Å². The molecule has 2 aliphatic carbocycles. The van der Waals surface area contributed by atoms with Crippen LogP contribution in [0.2, 0.25) is 0 Å². The lowest BCUT2D eigenvalue weighted by atomic mass is 9.55. The molecule has 0 bridgehead atoms. The van der Waals surface area contributed by atoms with Gasteiger partial charge in [-0.3, -0.25) is 4.79 Å². The third-order valence-corrected chi connectivity index (χ3v) is 7.88. The Balaban J connectivity index is 1.51. The average molecular weight is 333 g/mol. The molecule has 4 fully saturated rings. The number of likely N-dealkylation sites (tertiary alicyclic amines) is 1. The van der Waals surface area contributed by atoms with Crippen LogP contribution >= 0.6 is 0 Å². The molecule has 0 aromatic carbocycles. The van der Waals surface area contributed by atoms with Crippen LogP contribution in [0.3, 0.4) is 0 Å². The molecule has 0 radical (unpaired) electrons. The normalized spacial score (nSPS) is 48.6. The fourth-order valence-corrected chi connectivity index (χ4v) is 6.33. The fourth-order valence-electron chi connectivity index (χ4n) is 6.33. The van der Waals surface area contributed by atoms with Crippen molar-refractivity contribution in [1.82, 2.24) is 0 Å². The van der Waals surface area contributed by atoms with Gasteiger partial charge in [-0.25, -0.2) is 0 Å². The summed E-state index contributed by atoms with van der Waals surface area (Å²) in [4.78, 5) is 14.3. The predicted octanol–water partition coefficient (Wildman–Crippen LogP) is 2.76. The van der Waals surface area contributed by atoms with Gasteiger partial charge >= 0.3 is 5.97 Å². The number of carbonyl (C=O) groups excluding carboxylic acids is 1. The Labute approximate surface area is 146 Å². The lowest BCUT2D eigenvalue weighted by Gasteiger charge is -2.50. The SMILES string of the molecule is C=C1CCC[C@@]2(C)C[C@@H]3OC(=O)[C@@H](C[NH+]4CCCC[C@@H]4C)[C@H]3C[C@@H]12. The molecular formula is C21H34NO2+. The number of fused-ring (bicyclic) bond motifs is 2. The van der Waals surface area contributed by atoms with Crippen LogP contribution in [-0.2, 0) is 9.53 Å². The fraction of sp³-hybridized carbons (Fsp3) is 0.857. The quantitative estimate of drug-likeness (QED) is 0.623. The molecule has 24 heavy (non-hydrogen) atoms. The van der Waals surface area contributed by atoms with Gasteiger partial charge in [0.25, 0.3) is 0 Å². The van der Waals surface area contributed by atoms with Gasteiger partial charge in [0.15, 0.2) is 0 Å². The first kappa shape index (κ1) is 16.6. The van der Waals surface area contributed by atoms with E-state index in [0.29, 0.717) is 23.3 Å². The molecule has 4 aliphatic rings. The van der Waals surface area contributed by atoms with E-state index >= 15 is 0 Å². The van der Waals surface area contributed by atoms with Gasteiger partial charge in [-0.15, -0.1) is 0 Å². The van der Waals surface area contributed by atoms with Crippen LogP contribution in [0, 0.1) is 23.2 Å². The van der Waals surface area contributed by atoms with Crippen LogP contribution in [0.4, 0.5) is 0 Å². The maximum absolute atomic E-state index is 12.7. The van der Waals surface area contributed by atoms with E-state index in [1.165, 1.54) is 50.6 Å². The third-order valence-electron chi connectivity index (χ3n) is 7.88. The minimum Gasteiger partial charge on any atom is -0.462 e. The minimum atomic E-state index is 0.100. The van der Waals surface area contributed by atoms with E-state index in [1.54, 1.807) is 4.90 Å². The molecule has 2 saturated heterocycles. The summed E-state index contributed by atoms with van der Waals surface area (Å²) in [5, 5.41) is 0. The van der Waals surface area contributed by atoms with E-state index in [4.69, 9.17) is 4.74 Å². The zero-order valence-corrected chi connectivity index (χ0v) is 15.5. The van der Waals surface area contributed by atoms with Crippen LogP contribution in [0.25, 0.3) is 0 Å². The molecule has 0 aromatic rings. The lowest BCUT2D eigenvalue weighted by Crippen LogP contribution is -3.17. The Bertz CT molecular complexity index is 530. The van der Waals surface area contributed by atoms with Gasteiger partial charge < -0.3 is 9.64 Å². The molecule has 0 spiro atoms. The van der Waals surface area contributed by atoms with Gasteiger partial charge in [0.05, 0.1) is 19.1 Å². The summed E-state index contributed by atoms with van der Waals surface area (Å²) in [6.45, 7) is 11.4. The molecule has 1 N–H and O–H groups in total. The monoisotopic (exact) mass is 332 g/mol. The summed E-state index contributed by atoms with van der Waals surface area (Å²) in [6, 6.07) is 0.698. The Kier molecular flexibility index (Phi) is 4.27. The van der Waals surface area contributed by atoms with E-state index in [2.05, 4.69) is 20.4 Å². The summed E-state index contributed by atoms with van der Waals surface area (Å²) in [5.41, 5.74) is 1.76. The van der Waals surface area contributed by atoms with Crippen molar-refractivity contribution in [1.29, 1.82) is 0 Å². The molecule has 2 saturated carbocycles. The topological polar surface area (TPSA) is 30.7 Å². The number of ether oxygens (including phenoxy) is 1. The number of quaternary nitrogens is 1. The Hall–Kier alpha value is -0.830. The highest BCUT2D eigenvalue weighted by Gasteiger charge is 2.56. The Morgan fingerprint density at radius 2 is 2.17 bits per heavy atom. The Morgan fingerprint density at radius 3 is 2.96 bits per heavy atom. The lowest BCUT2D eigenvalue weighted by molar-refractivity contribution is -0.931. The summed E-state index contributed by atoms with van der Waals surface area (Å²) in [6.07, 6.45) is 10.1. The molecule has 2 aliphatic heterocycles. The van der Waals surface area contributed by atoms with Crippen molar-refractivity contribution < 1.29 is 14.4 Å². The van der Waals surface area contributed by atoms with Crippen molar-refractivity contribution in [2.75, 3.05) is 13.1 Å². The van der Waals surface area contributed by atoms with Crippen molar-refractivity contribution >= 4 is 5.97 Å². The van der Waals surface area contributed by atoms with Crippen molar-refractivity contribution in [2.24, 2.45) is 23.2 Å². The minimum absolute atomic E-state index is 0.100. The first-order valence-corrected chi connectivity index (χ1v) is 10.2. The summed E-state index contributed by atoms with van der Waals surface area (Å²) in [5.74, 6) is 1.28. The number of hydrogen-bond donors (Lipinski definition) is 1. The number of allylic oxidation sites excluding steroid dienone is 1. The molecule has 1 unspecified atom stereocenters. The van der Waals surface area contributed by atoms with Crippen molar-refractivity contribution in [3.05, 3.63) is 12.2 Å². The zero-order chi connectivity index (χ0) is 16.9. The van der Waals surface area contributed by atoms with Crippen molar-refractivity contribution in [3.63, 3.8) is 0 Å². The molecule has 2 heterocycles. The molecule has 3 nitrogen and oxygen atoms in total. The largest absolute Gasteiger partial charge is 0.462 e. The second kappa shape index (κ2) is 6.16. The average Bonchev–Trinajstić information content (AvgIpc) is 2.82. The summed E-state index contributed by atoms with van der Waals surface area (Å²) < 4.78 is 5.92. The molecular weight excluding hydrogens is 298 g/mol. The van der Waals surface area contributed by atoms with E-state index in [0.717, 1.165) is 19.4 Å². The number of piperidine rings is 1. The number of hydrogen-bond acceptors (Lipinski definition) is 2. The van der Waals surface area contributed by atoms with Gasteiger partial charge in [-0.1, -0.05) is 19.1 Å². The van der Waals surface area contributed by atoms with Gasteiger partial charge in [0.1, 0.15) is 12.0 Å². The second-order valence-corrected chi connectivity index (χ2v) is 9.41. The van der Waals surface area contributed by atoms with E-state index < -0.39 is 0 Å². The van der Waals surface area contributed by atoms with Gasteiger partial charge in [0, 0.05) is 5.92 Å². The highest BCUT2D eigenvalue weighted by Crippen LogP contribution is 2.56. The van der Waals surface area contributed by atoms with Gasteiger partial charge in [0.2, 0.25) is 0 Å². The zero-order valence-electron chi connectivity index (χ0n) is 15.5. The number of carbonyl (C=O) groups is 1. The molecule has 0 aromatic heterocycles. The van der Waals surface area contributed by atoms with Crippen LogP contribution in [0.1, 0.15) is 65.2 Å². The molecule has 4 rings (SSSR count). The molecule has 7 atom stereocenters.